The summed E-state index contributed by atoms with van der Waals surface area (Å²) >= 11 is 0. The Hall–Kier alpha value is -1.11. The summed E-state index contributed by atoms with van der Waals surface area (Å²) in [5.74, 6) is -0.664. The van der Waals surface area contributed by atoms with Crippen LogP contribution in [0, 0.1) is 0 Å². The number of nitrogens with zero attached hydrogens (tertiary/aromatic N) is 1. The summed E-state index contributed by atoms with van der Waals surface area (Å²) in [4.78, 5) is 31.4. The average Bonchev–Trinajstić information content (AvgIpc) is 2.87. The number of aliphatic hydroxyl groups is 2. The van der Waals surface area contributed by atoms with E-state index in [-0.39, 0.29) is 18.6 Å². The van der Waals surface area contributed by atoms with Crippen molar-refractivity contribution in [2.45, 2.75) is 37.9 Å². The minimum atomic E-state index is -5.03. The first kappa shape index (κ1) is 23.2. The highest BCUT2D eigenvalue weighted by Gasteiger charge is 2.46. The fraction of sp³-hybridized carbons (Fsp3) is 0.615. The van der Waals surface area contributed by atoms with Gasteiger partial charge in [-0.1, -0.05) is 6.08 Å². The number of carbonyl (C=O) groups excluding carboxylic acids is 1. The first-order chi connectivity index (χ1) is 13.0. The lowest BCUT2D eigenvalue weighted by atomic mass is 10.1. The van der Waals surface area contributed by atoms with Crippen LogP contribution in [-0.4, -0.2) is 68.6 Å². The van der Waals surface area contributed by atoms with E-state index in [1.54, 1.807) is 6.08 Å². The van der Waals surface area contributed by atoms with E-state index in [9.17, 15) is 33.9 Å². The van der Waals surface area contributed by atoms with E-state index in [1.807, 2.05) is 0 Å². The third-order valence-electron chi connectivity index (χ3n) is 3.77. The molecule has 0 aromatic heterocycles. The number of primary amides is 1. The fourth-order valence-corrected chi connectivity index (χ4v) is 4.60. The number of hydrogen-bond donors (Lipinski definition) is 5. The first-order valence-electron chi connectivity index (χ1n) is 8.08. The van der Waals surface area contributed by atoms with E-state index in [0.717, 1.165) is 0 Å². The second-order valence-corrected chi connectivity index (χ2v) is 8.88. The van der Waals surface area contributed by atoms with E-state index >= 15 is 0 Å². The second-order valence-electron chi connectivity index (χ2n) is 5.83. The van der Waals surface area contributed by atoms with Crippen LogP contribution in [0.1, 0.15) is 13.3 Å². The van der Waals surface area contributed by atoms with E-state index in [4.69, 9.17) is 10.5 Å². The van der Waals surface area contributed by atoms with Gasteiger partial charge in [-0.3, -0.25) is 13.8 Å². The average molecular weight is 444 g/mol. The third-order valence-corrected chi connectivity index (χ3v) is 6.48. The highest BCUT2D eigenvalue weighted by Crippen LogP contribution is 2.60. The molecule has 2 unspecified atom stereocenters. The van der Waals surface area contributed by atoms with Gasteiger partial charge in [-0.2, -0.15) is 4.31 Å². The monoisotopic (exact) mass is 444 g/mol. The molecule has 6 N–H and O–H groups in total. The van der Waals surface area contributed by atoms with Crippen molar-refractivity contribution in [3.63, 3.8) is 0 Å². The van der Waals surface area contributed by atoms with Gasteiger partial charge < -0.3 is 35.4 Å². The van der Waals surface area contributed by atoms with Crippen LogP contribution >= 0.6 is 15.6 Å². The van der Waals surface area contributed by atoms with Crippen molar-refractivity contribution >= 4 is 21.6 Å². The van der Waals surface area contributed by atoms with Crippen LogP contribution in [0.15, 0.2) is 24.0 Å². The summed E-state index contributed by atoms with van der Waals surface area (Å²) < 4.78 is 41.5. The Balaban J connectivity index is 2.00. The molecule has 2 rings (SSSR count). The van der Waals surface area contributed by atoms with E-state index in [1.165, 1.54) is 24.2 Å². The smallest absolute Gasteiger partial charge is 0.387 e. The largest absolute Gasteiger partial charge is 0.481 e. The molecule has 0 bridgehead atoms. The molecule has 160 valence electrons. The predicted octanol–water partition coefficient (Wildman–Crippen LogP) is -0.708. The summed E-state index contributed by atoms with van der Waals surface area (Å²) in [6, 6.07) is 0. The lowest BCUT2D eigenvalue weighted by molar-refractivity contribution is -0.115. The second kappa shape index (κ2) is 9.14. The number of hydrogen-bond acceptors (Lipinski definition) is 10. The lowest BCUT2D eigenvalue weighted by Gasteiger charge is -2.28. The van der Waals surface area contributed by atoms with Gasteiger partial charge in [0.1, 0.15) is 18.3 Å². The molecule has 1 amide bonds. The van der Waals surface area contributed by atoms with Crippen LogP contribution in [0.25, 0.3) is 0 Å². The molecule has 28 heavy (non-hydrogen) atoms. The molecule has 0 aromatic rings. The van der Waals surface area contributed by atoms with Gasteiger partial charge in [0.2, 0.25) is 5.91 Å². The zero-order valence-electron chi connectivity index (χ0n) is 14.7. The third kappa shape index (κ3) is 5.94. The molecule has 2 aliphatic heterocycles. The summed E-state index contributed by atoms with van der Waals surface area (Å²) in [6.45, 7) is 0.363. The number of phosphoric acid groups is 2. The molecule has 2 heterocycles. The van der Waals surface area contributed by atoms with E-state index in [2.05, 4.69) is 13.4 Å². The van der Waals surface area contributed by atoms with Crippen LogP contribution in [-0.2, 0) is 32.0 Å². The Kier molecular flexibility index (Phi) is 7.56. The topological polar surface area (TPSA) is 198 Å². The quantitative estimate of drug-likeness (QED) is 0.280. The van der Waals surface area contributed by atoms with Crippen molar-refractivity contribution < 1.29 is 52.0 Å². The van der Waals surface area contributed by atoms with Gasteiger partial charge in [0.05, 0.1) is 13.2 Å². The molecule has 1 saturated heterocycles. The number of nitrogens with two attached hydrogens (primary N) is 1. The molecule has 0 aromatic carbocycles. The van der Waals surface area contributed by atoms with Crippen LogP contribution in [0.5, 0.6) is 0 Å². The SMILES string of the molecule is CCOP(=O)(O)OP(=O)(O)OC[C@H]1O[C@H](N2C=CCC(C(N)=O)=C2)[C@H](O)[C@@H]1O. The van der Waals surface area contributed by atoms with Crippen molar-refractivity contribution in [1.29, 1.82) is 0 Å². The van der Waals surface area contributed by atoms with Crippen molar-refractivity contribution in [1.82, 2.24) is 4.90 Å². The molecule has 0 saturated carbocycles. The first-order valence-corrected chi connectivity index (χ1v) is 11.1. The van der Waals surface area contributed by atoms with E-state index in [0.29, 0.717) is 0 Å². The Labute approximate surface area is 160 Å². The minimum absolute atomic E-state index is 0.246. The van der Waals surface area contributed by atoms with E-state index < -0.39 is 52.7 Å². The van der Waals surface area contributed by atoms with Crippen molar-refractivity contribution in [2.75, 3.05) is 13.2 Å². The zero-order chi connectivity index (χ0) is 21.1. The Bertz CT molecular complexity index is 742. The predicted molar refractivity (Wildman–Crippen MR) is 91.9 cm³/mol. The van der Waals surface area contributed by atoms with Gasteiger partial charge in [-0.15, -0.1) is 0 Å². The highest BCUT2D eigenvalue weighted by atomic mass is 31.3. The van der Waals surface area contributed by atoms with Gasteiger partial charge >= 0.3 is 15.6 Å². The number of amides is 1. The van der Waals surface area contributed by atoms with Gasteiger partial charge in [-0.05, 0) is 13.3 Å². The molecule has 15 heteroatoms. The normalized spacial score (nSPS) is 31.9. The van der Waals surface area contributed by atoms with Crippen molar-refractivity contribution in [2.24, 2.45) is 5.73 Å². The van der Waals surface area contributed by atoms with Gasteiger partial charge in [-0.25, -0.2) is 9.13 Å². The van der Waals surface area contributed by atoms with Crippen molar-refractivity contribution in [3.8, 4) is 0 Å². The summed E-state index contributed by atoms with van der Waals surface area (Å²) in [5, 5.41) is 20.3. The summed E-state index contributed by atoms with van der Waals surface area (Å²) in [6.07, 6.45) is -0.691. The van der Waals surface area contributed by atoms with Crippen LogP contribution in [0.2, 0.25) is 0 Å². The summed E-state index contributed by atoms with van der Waals surface area (Å²) in [5.41, 5.74) is 5.46. The number of carbonyl (C=O) groups is 1. The van der Waals surface area contributed by atoms with Gasteiger partial charge in [0, 0.05) is 18.0 Å². The Morgan fingerprint density at radius 1 is 1.29 bits per heavy atom. The Morgan fingerprint density at radius 3 is 2.54 bits per heavy atom. The number of ether oxygens (including phenoxy) is 1. The molecule has 0 aliphatic carbocycles. The molecule has 13 nitrogen and oxygen atoms in total. The minimum Gasteiger partial charge on any atom is -0.387 e. The number of aliphatic hydroxyl groups excluding tert-OH is 2. The molecule has 1 fully saturated rings. The van der Waals surface area contributed by atoms with Crippen LogP contribution < -0.4 is 5.73 Å². The van der Waals surface area contributed by atoms with Gasteiger partial charge in [0.15, 0.2) is 6.23 Å². The fourth-order valence-electron chi connectivity index (χ4n) is 2.52. The zero-order valence-corrected chi connectivity index (χ0v) is 16.5. The highest BCUT2D eigenvalue weighted by molar-refractivity contribution is 7.61. The number of allylic oxidation sites excluding steroid dienone is 1. The molecule has 2 aliphatic rings. The van der Waals surface area contributed by atoms with Crippen LogP contribution in [0.4, 0.5) is 0 Å². The van der Waals surface area contributed by atoms with Crippen molar-refractivity contribution in [3.05, 3.63) is 24.0 Å². The standard InChI is InChI=1S/C13H22N2O11P2/c1-2-23-27(19,20)26-28(21,22)24-7-9-10(16)11(17)13(25-9)15-5-3-4-8(6-15)12(14)18/h3,5-6,9-11,13,16-17H,2,4,7H2,1H3,(H2,14,18)(H,19,20)(H,21,22)/t9-,10-,11-,13+/m1/s1. The maximum atomic E-state index is 11.8. The molecule has 0 spiro atoms. The molecule has 6 atom stereocenters. The number of rotatable bonds is 9. The molecule has 0 radical (unpaired) electrons. The van der Waals surface area contributed by atoms with Gasteiger partial charge in [0.25, 0.3) is 0 Å². The maximum Gasteiger partial charge on any atom is 0.481 e. The van der Waals surface area contributed by atoms with Crippen LogP contribution in [0.3, 0.4) is 0 Å². The summed E-state index contributed by atoms with van der Waals surface area (Å²) in [7, 11) is -9.84. The lowest BCUT2D eigenvalue weighted by Crippen LogP contribution is -2.40. The molecular weight excluding hydrogens is 422 g/mol. The maximum absolute atomic E-state index is 11.8. The Morgan fingerprint density at radius 2 is 1.93 bits per heavy atom. The number of phosphoric ester groups is 2. The molecular formula is C13H22N2O11P2.